The van der Waals surface area contributed by atoms with Gasteiger partial charge in [-0.15, -0.1) is 11.3 Å². The van der Waals surface area contributed by atoms with E-state index < -0.39 is 10.0 Å². The average Bonchev–Trinajstić information content (AvgIpc) is 3.27. The number of aromatic nitrogens is 2. The highest BCUT2D eigenvalue weighted by molar-refractivity contribution is 7.91. The van der Waals surface area contributed by atoms with Crippen LogP contribution in [0, 0.1) is 0 Å². The molecule has 1 aromatic carbocycles. The van der Waals surface area contributed by atoms with Crippen LogP contribution in [0.5, 0.6) is 5.75 Å². The van der Waals surface area contributed by atoms with Crippen LogP contribution in [0.3, 0.4) is 0 Å². The van der Waals surface area contributed by atoms with Crippen molar-refractivity contribution in [2.24, 2.45) is 0 Å². The molecule has 24 heavy (non-hydrogen) atoms. The summed E-state index contributed by atoms with van der Waals surface area (Å²) in [6.07, 6.45) is 0.298. The van der Waals surface area contributed by atoms with Gasteiger partial charge in [-0.05, 0) is 23.6 Å². The lowest BCUT2D eigenvalue weighted by Crippen LogP contribution is -2.25. The van der Waals surface area contributed by atoms with Gasteiger partial charge in [-0.2, -0.15) is 4.98 Å². The first kappa shape index (κ1) is 16.6. The third-order valence-corrected chi connectivity index (χ3v) is 6.07. The quantitative estimate of drug-likeness (QED) is 0.690. The number of hydrogen-bond donors (Lipinski definition) is 1. The lowest BCUT2D eigenvalue weighted by atomic mass is 10.2. The van der Waals surface area contributed by atoms with Gasteiger partial charge >= 0.3 is 0 Å². The summed E-state index contributed by atoms with van der Waals surface area (Å²) in [5.41, 5.74) is 0.717. The molecule has 0 saturated carbocycles. The number of methoxy groups -OCH3 is 1. The predicted octanol–water partition coefficient (Wildman–Crippen LogP) is 2.33. The molecule has 0 aliphatic rings. The molecular weight excluding hydrogens is 350 g/mol. The zero-order valence-electron chi connectivity index (χ0n) is 12.8. The number of thiophene rings is 1. The minimum Gasteiger partial charge on any atom is -0.496 e. The molecule has 0 aliphatic heterocycles. The van der Waals surface area contributed by atoms with Gasteiger partial charge in [0.15, 0.2) is 0 Å². The fraction of sp³-hybridized carbons (Fsp3) is 0.200. The van der Waals surface area contributed by atoms with Crippen molar-refractivity contribution in [3.63, 3.8) is 0 Å². The minimum atomic E-state index is -3.48. The van der Waals surface area contributed by atoms with Crippen LogP contribution < -0.4 is 9.46 Å². The smallest absolute Gasteiger partial charge is 0.250 e. The van der Waals surface area contributed by atoms with E-state index in [1.807, 2.05) is 18.2 Å². The summed E-state index contributed by atoms with van der Waals surface area (Å²) in [5.74, 6) is 1.40. The van der Waals surface area contributed by atoms with Gasteiger partial charge in [0.1, 0.15) is 9.96 Å². The van der Waals surface area contributed by atoms with Crippen molar-refractivity contribution in [2.75, 3.05) is 13.7 Å². The Labute approximate surface area is 143 Å². The van der Waals surface area contributed by atoms with Crippen LogP contribution in [0.15, 0.2) is 50.5 Å². The van der Waals surface area contributed by atoms with Gasteiger partial charge in [0, 0.05) is 13.0 Å². The fourth-order valence-electron chi connectivity index (χ4n) is 2.08. The van der Waals surface area contributed by atoms with Crippen molar-refractivity contribution in [3.05, 3.63) is 47.7 Å². The van der Waals surface area contributed by atoms with Gasteiger partial charge in [0.25, 0.3) is 0 Å². The monoisotopic (exact) mass is 365 g/mol. The normalized spacial score (nSPS) is 11.5. The second kappa shape index (κ2) is 7.12. The van der Waals surface area contributed by atoms with Crippen LogP contribution in [-0.2, 0) is 16.4 Å². The highest BCUT2D eigenvalue weighted by atomic mass is 32.2. The first-order chi connectivity index (χ1) is 11.6. The van der Waals surface area contributed by atoms with Crippen LogP contribution in [0.2, 0.25) is 0 Å². The van der Waals surface area contributed by atoms with Crippen molar-refractivity contribution in [1.82, 2.24) is 14.9 Å². The highest BCUT2D eigenvalue weighted by Crippen LogP contribution is 2.27. The van der Waals surface area contributed by atoms with E-state index in [1.165, 1.54) is 11.3 Å². The Hall–Kier alpha value is -2.23. The maximum atomic E-state index is 12.0. The summed E-state index contributed by atoms with van der Waals surface area (Å²) in [6, 6.07) is 10.6. The first-order valence-corrected chi connectivity index (χ1v) is 9.45. The molecule has 0 radical (unpaired) electrons. The molecule has 0 amide bonds. The van der Waals surface area contributed by atoms with Crippen molar-refractivity contribution in [1.29, 1.82) is 0 Å². The number of nitrogens with zero attached hydrogens (tertiary/aromatic N) is 2. The van der Waals surface area contributed by atoms with Crippen LogP contribution >= 0.6 is 11.3 Å². The highest BCUT2D eigenvalue weighted by Gasteiger charge is 2.16. The largest absolute Gasteiger partial charge is 0.496 e. The number of ether oxygens (including phenoxy) is 1. The average molecular weight is 365 g/mol. The zero-order chi connectivity index (χ0) is 17.0. The van der Waals surface area contributed by atoms with Crippen molar-refractivity contribution < 1.29 is 17.7 Å². The van der Waals surface area contributed by atoms with Crippen LogP contribution in [0.1, 0.15) is 5.89 Å². The third-order valence-electron chi connectivity index (χ3n) is 3.21. The van der Waals surface area contributed by atoms with E-state index >= 15 is 0 Å². The van der Waals surface area contributed by atoms with Gasteiger partial charge in [-0.25, -0.2) is 13.1 Å². The summed E-state index contributed by atoms with van der Waals surface area (Å²) in [4.78, 5) is 4.28. The standard InChI is InChI=1S/C15H15N3O4S2/c1-21-12-6-3-2-5-11(12)15-17-13(22-18-15)8-9-16-24(19,20)14-7-4-10-23-14/h2-7,10,16H,8-9H2,1H3. The lowest BCUT2D eigenvalue weighted by Gasteiger charge is -2.03. The molecule has 3 aromatic rings. The summed E-state index contributed by atoms with van der Waals surface area (Å²) in [6.45, 7) is 0.174. The number of rotatable bonds is 7. The van der Waals surface area contributed by atoms with E-state index in [0.717, 1.165) is 0 Å². The molecular formula is C15H15N3O4S2. The third kappa shape index (κ3) is 3.64. The minimum absolute atomic E-state index is 0.174. The molecule has 0 bridgehead atoms. The van der Waals surface area contributed by atoms with E-state index in [9.17, 15) is 8.42 Å². The maximum Gasteiger partial charge on any atom is 0.250 e. The molecule has 3 rings (SSSR count). The molecule has 2 aromatic heterocycles. The number of para-hydroxylation sites is 1. The summed E-state index contributed by atoms with van der Waals surface area (Å²) >= 11 is 1.17. The summed E-state index contributed by atoms with van der Waals surface area (Å²) in [7, 11) is -1.92. The Kier molecular flexibility index (Phi) is 4.93. The molecule has 0 atom stereocenters. The molecule has 0 spiro atoms. The maximum absolute atomic E-state index is 12.0. The fourth-order valence-corrected chi connectivity index (χ4v) is 4.14. The van der Waals surface area contributed by atoms with Gasteiger partial charge < -0.3 is 9.26 Å². The van der Waals surface area contributed by atoms with Gasteiger partial charge in [0.2, 0.25) is 21.7 Å². The molecule has 0 aliphatic carbocycles. The summed E-state index contributed by atoms with van der Waals surface area (Å²) < 4.78 is 37.3. The van der Waals surface area contributed by atoms with Crippen LogP contribution in [0.4, 0.5) is 0 Å². The Morgan fingerprint density at radius 3 is 2.83 bits per heavy atom. The Balaban J connectivity index is 1.65. The SMILES string of the molecule is COc1ccccc1-c1noc(CCNS(=O)(=O)c2cccs2)n1. The van der Waals surface area contributed by atoms with E-state index in [-0.39, 0.29) is 10.8 Å². The molecule has 1 N–H and O–H groups in total. The van der Waals surface area contributed by atoms with Crippen LogP contribution in [0.25, 0.3) is 11.4 Å². The van der Waals surface area contributed by atoms with Gasteiger partial charge in [0.05, 0.1) is 12.7 Å². The second-order valence-corrected chi connectivity index (χ2v) is 7.73. The van der Waals surface area contributed by atoms with E-state index in [0.29, 0.717) is 29.4 Å². The molecule has 0 fully saturated rings. The van der Waals surface area contributed by atoms with Crippen molar-refractivity contribution >= 4 is 21.4 Å². The van der Waals surface area contributed by atoms with Crippen LogP contribution in [-0.4, -0.2) is 32.2 Å². The van der Waals surface area contributed by atoms with Crippen molar-refractivity contribution in [3.8, 4) is 17.1 Å². The Morgan fingerprint density at radius 2 is 2.08 bits per heavy atom. The predicted molar refractivity (Wildman–Crippen MR) is 89.5 cm³/mol. The zero-order valence-corrected chi connectivity index (χ0v) is 14.4. The Morgan fingerprint density at radius 1 is 1.25 bits per heavy atom. The van der Waals surface area contributed by atoms with E-state index in [4.69, 9.17) is 9.26 Å². The number of nitrogens with one attached hydrogen (secondary N) is 1. The molecule has 9 heteroatoms. The topological polar surface area (TPSA) is 94.3 Å². The van der Waals surface area contributed by atoms with E-state index in [1.54, 1.807) is 30.7 Å². The van der Waals surface area contributed by atoms with Gasteiger partial charge in [-0.3, -0.25) is 0 Å². The summed E-state index contributed by atoms with van der Waals surface area (Å²) in [5, 5.41) is 5.63. The van der Waals surface area contributed by atoms with Gasteiger partial charge in [-0.1, -0.05) is 23.4 Å². The number of benzene rings is 1. The molecule has 2 heterocycles. The van der Waals surface area contributed by atoms with E-state index in [2.05, 4.69) is 14.9 Å². The molecule has 7 nitrogen and oxygen atoms in total. The lowest BCUT2D eigenvalue weighted by molar-refractivity contribution is 0.378. The number of hydrogen-bond acceptors (Lipinski definition) is 7. The molecule has 126 valence electrons. The first-order valence-electron chi connectivity index (χ1n) is 7.09. The molecule has 0 saturated heterocycles. The molecule has 0 unspecified atom stereocenters. The second-order valence-electron chi connectivity index (χ2n) is 4.79. The Bertz CT molecular complexity index is 904. The number of sulfonamides is 1. The van der Waals surface area contributed by atoms with Crippen molar-refractivity contribution in [2.45, 2.75) is 10.6 Å².